The van der Waals surface area contributed by atoms with Gasteiger partial charge in [-0.25, -0.2) is 0 Å². The number of fused-ring (bicyclic) bond motifs is 4. The zero-order chi connectivity index (χ0) is 39.7. The molecular formula is C56H60Cl2SiZr-2. The molecule has 4 heteroatoms. The molecule has 2 saturated carbocycles. The molecule has 0 spiro atoms. The molecule has 8 aromatic carbocycles. The molecule has 2 aliphatic rings. The predicted molar refractivity (Wildman–Crippen MR) is 252 cm³/mol. The van der Waals surface area contributed by atoms with Crippen LogP contribution in [0.5, 0.6) is 0 Å². The number of hydrogen-bond acceptors (Lipinski definition) is 0. The molecule has 0 aromatic heterocycles. The molecule has 10 rings (SSSR count). The Bertz CT molecular complexity index is 2410. The van der Waals surface area contributed by atoms with Crippen molar-refractivity contribution in [1.82, 2.24) is 0 Å². The van der Waals surface area contributed by atoms with Crippen LogP contribution in [-0.4, -0.2) is 5.43 Å². The molecule has 2 fully saturated rings. The first-order chi connectivity index (χ1) is 28.5. The first kappa shape index (κ1) is 46.2. The maximum absolute atomic E-state index is 2.47. The second-order valence-electron chi connectivity index (χ2n) is 17.5. The molecule has 2 aliphatic carbocycles. The molecule has 0 aliphatic heterocycles. The molecular weight excluding hydrogens is 863 g/mol. The van der Waals surface area contributed by atoms with E-state index in [9.17, 15) is 0 Å². The van der Waals surface area contributed by atoms with E-state index in [4.69, 9.17) is 0 Å². The maximum atomic E-state index is 2.47. The largest absolute Gasteiger partial charge is 1.00 e. The van der Waals surface area contributed by atoms with Gasteiger partial charge in [0.1, 0.15) is 0 Å². The molecule has 0 radical (unpaired) electrons. The summed E-state index contributed by atoms with van der Waals surface area (Å²) in [6.07, 6.45) is 19.6. The Morgan fingerprint density at radius 2 is 0.750 bits per heavy atom. The van der Waals surface area contributed by atoms with Gasteiger partial charge in [0.15, 0.2) is 0 Å². The van der Waals surface area contributed by atoms with Gasteiger partial charge in [0.05, 0.1) is 0 Å². The fraction of sp³-hybridized carbons (Fsp3) is 0.321. The van der Waals surface area contributed by atoms with Crippen LogP contribution in [0, 0.1) is 11.8 Å². The number of hydrogen-bond donors (Lipinski definition) is 0. The Morgan fingerprint density at radius 1 is 0.433 bits per heavy atom. The Hall–Kier alpha value is -3.26. The van der Waals surface area contributed by atoms with Gasteiger partial charge in [-0.3, -0.25) is 0 Å². The van der Waals surface area contributed by atoms with Crippen molar-refractivity contribution >= 4 is 48.5 Å². The van der Waals surface area contributed by atoms with E-state index < -0.39 is 0 Å². The number of halogens is 2. The predicted octanol–water partition coefficient (Wildman–Crippen LogP) is 10.6. The summed E-state index contributed by atoms with van der Waals surface area (Å²) >= 11 is 1.74. The van der Waals surface area contributed by atoms with Crippen LogP contribution in [0.15, 0.2) is 146 Å². The van der Waals surface area contributed by atoms with E-state index in [1.807, 2.05) is 0 Å². The maximum Gasteiger partial charge on any atom is -0.0114 e. The first-order valence-corrected chi connectivity index (χ1v) is 28.5. The minimum atomic E-state index is 0. The van der Waals surface area contributed by atoms with Gasteiger partial charge in [-0.05, 0) is 57.3 Å². The summed E-state index contributed by atoms with van der Waals surface area (Å²) in [5.74, 6) is 1.76. The minimum Gasteiger partial charge on any atom is -1.00 e. The van der Waals surface area contributed by atoms with Gasteiger partial charge >= 0.3 is 41.9 Å². The second-order valence-corrected chi connectivity index (χ2v) is 26.9. The SMILES string of the molecule is C[Si](C)=[Zr+2].[Cl-].[Cl-].c1ccc2c(-c3cccc4[cH-]c(CC5CCCCCC5)cc34)cccc2c1.c1ccc2c(-c3cccc4[cH-]c(CC5CCCCCC5)cc34)cccc2c1. The van der Waals surface area contributed by atoms with Gasteiger partial charge in [-0.1, -0.05) is 185 Å². The van der Waals surface area contributed by atoms with Gasteiger partial charge < -0.3 is 24.8 Å². The van der Waals surface area contributed by atoms with Crippen LogP contribution in [0.4, 0.5) is 0 Å². The van der Waals surface area contributed by atoms with E-state index in [0.717, 1.165) is 11.8 Å². The van der Waals surface area contributed by atoms with Gasteiger partial charge in [0, 0.05) is 0 Å². The summed E-state index contributed by atoms with van der Waals surface area (Å²) < 4.78 is 0. The van der Waals surface area contributed by atoms with Gasteiger partial charge in [0.2, 0.25) is 0 Å². The van der Waals surface area contributed by atoms with Crippen LogP contribution in [-0.2, 0) is 36.2 Å². The molecule has 0 atom stereocenters. The van der Waals surface area contributed by atoms with Crippen LogP contribution >= 0.6 is 0 Å². The summed E-state index contributed by atoms with van der Waals surface area (Å²) in [4.78, 5) is 0. The van der Waals surface area contributed by atoms with Crippen molar-refractivity contribution in [3.63, 3.8) is 0 Å². The topological polar surface area (TPSA) is 0 Å². The number of rotatable bonds is 6. The third kappa shape index (κ3) is 11.6. The van der Waals surface area contributed by atoms with Crippen molar-refractivity contribution in [2.24, 2.45) is 11.8 Å². The molecule has 0 heterocycles. The van der Waals surface area contributed by atoms with Gasteiger partial charge in [0.25, 0.3) is 0 Å². The van der Waals surface area contributed by atoms with Crippen LogP contribution < -0.4 is 24.8 Å². The first-order valence-electron chi connectivity index (χ1n) is 22.3. The summed E-state index contributed by atoms with van der Waals surface area (Å²) in [5.41, 5.74) is 8.72. The molecule has 308 valence electrons. The quantitative estimate of drug-likeness (QED) is 0.0886. The normalized spacial score (nSPS) is 14.9. The standard InChI is InChI=1S/2C27H27.C2H6Si.2ClH.Zr/c2*1-2-4-10-20(9-3-1)17-21-18-23-13-8-16-26(27(23)19-21)25-15-7-12-22-11-5-6-14-24(22)25;1-3-2;;;/h2*5-8,11-16,18-20H,1-4,9-10,17H2;1-2H3;2*1H;/q2*-1;;;;+2/p-2. The zero-order valence-electron chi connectivity index (χ0n) is 35.7. The van der Waals surface area contributed by atoms with Gasteiger partial charge in [-0.2, -0.15) is 12.1 Å². The van der Waals surface area contributed by atoms with Crippen molar-refractivity contribution in [2.45, 2.75) is 103 Å². The molecule has 0 N–H and O–H groups in total. The number of benzene rings is 6. The zero-order valence-corrected chi connectivity index (χ0v) is 40.6. The van der Waals surface area contributed by atoms with Crippen LogP contribution in [0.1, 0.15) is 88.2 Å². The van der Waals surface area contributed by atoms with Crippen LogP contribution in [0.25, 0.3) is 65.3 Å². The fourth-order valence-electron chi connectivity index (χ4n) is 10.0. The Kier molecular flexibility index (Phi) is 17.5. The molecule has 0 amide bonds. The van der Waals surface area contributed by atoms with Crippen molar-refractivity contribution in [3.05, 3.63) is 157 Å². The van der Waals surface area contributed by atoms with Crippen molar-refractivity contribution in [2.75, 3.05) is 0 Å². The third-order valence-electron chi connectivity index (χ3n) is 12.8. The Labute approximate surface area is 387 Å². The second kappa shape index (κ2) is 22.7. The Morgan fingerprint density at radius 3 is 1.13 bits per heavy atom. The fourth-order valence-corrected chi connectivity index (χ4v) is 10.0. The van der Waals surface area contributed by atoms with Gasteiger partial charge in [-0.15, -0.1) is 69.1 Å². The summed E-state index contributed by atoms with van der Waals surface area (Å²) in [7, 11) is 0. The van der Waals surface area contributed by atoms with E-state index in [-0.39, 0.29) is 30.2 Å². The summed E-state index contributed by atoms with van der Waals surface area (Å²) in [6, 6.07) is 54.2. The molecule has 60 heavy (non-hydrogen) atoms. The molecule has 0 nitrogen and oxygen atoms in total. The third-order valence-corrected chi connectivity index (χ3v) is 12.8. The van der Waals surface area contributed by atoms with E-state index in [1.165, 1.54) is 166 Å². The average molecular weight is 923 g/mol. The van der Waals surface area contributed by atoms with E-state index in [0.29, 0.717) is 0 Å². The minimum absolute atomic E-state index is 0. The van der Waals surface area contributed by atoms with Crippen LogP contribution in [0.2, 0.25) is 13.1 Å². The van der Waals surface area contributed by atoms with Crippen LogP contribution in [0.3, 0.4) is 0 Å². The van der Waals surface area contributed by atoms with Crippen molar-refractivity contribution in [3.8, 4) is 22.3 Å². The average Bonchev–Trinajstić information content (AvgIpc) is 3.63. The summed E-state index contributed by atoms with van der Waals surface area (Å²) in [5, 5.41) is 10.9. The van der Waals surface area contributed by atoms with E-state index in [1.54, 1.807) is 23.3 Å². The Balaban J connectivity index is 0.000000179. The molecule has 0 saturated heterocycles. The monoisotopic (exact) mass is 920 g/mol. The van der Waals surface area contributed by atoms with E-state index >= 15 is 0 Å². The summed E-state index contributed by atoms with van der Waals surface area (Å²) in [6.45, 7) is 4.62. The van der Waals surface area contributed by atoms with E-state index in [2.05, 4.69) is 159 Å². The van der Waals surface area contributed by atoms with Crippen molar-refractivity contribution in [1.29, 1.82) is 0 Å². The van der Waals surface area contributed by atoms with Crippen molar-refractivity contribution < 1.29 is 48.1 Å². The smallest absolute Gasteiger partial charge is 0.0114 e. The molecule has 0 unspecified atom stereocenters. The molecule has 8 aromatic rings. The molecule has 0 bridgehead atoms.